The van der Waals surface area contributed by atoms with Crippen molar-refractivity contribution in [3.8, 4) is 27.6 Å². The Kier molecular flexibility index (Phi) is 3.58. The van der Waals surface area contributed by atoms with E-state index in [-0.39, 0.29) is 5.75 Å². The minimum atomic E-state index is -0.395. The fraction of sp³-hybridized carbons (Fsp3) is 0.0625. The third-order valence-corrected chi connectivity index (χ3v) is 3.98. The maximum Gasteiger partial charge on any atom is 0.165 e. The molecule has 0 aliphatic rings. The van der Waals surface area contributed by atoms with Crippen LogP contribution in [0.25, 0.3) is 21.8 Å². The summed E-state index contributed by atoms with van der Waals surface area (Å²) in [6, 6.07) is 12.4. The molecule has 1 heterocycles. The average molecular weight is 300 g/mol. The topological polar surface area (TPSA) is 48.1 Å². The first-order chi connectivity index (χ1) is 10.2. The first-order valence-electron chi connectivity index (χ1n) is 6.33. The van der Waals surface area contributed by atoms with Crippen LogP contribution in [0.1, 0.15) is 0 Å². The highest BCUT2D eigenvalue weighted by atomic mass is 32.1. The lowest BCUT2D eigenvalue weighted by molar-refractivity contribution is 0.386. The largest absolute Gasteiger partial charge is 0.494 e. The molecule has 3 rings (SSSR count). The van der Waals surface area contributed by atoms with E-state index in [9.17, 15) is 4.39 Å². The lowest BCUT2D eigenvalue weighted by atomic mass is 10.1. The molecule has 0 aliphatic heterocycles. The Morgan fingerprint density at radius 1 is 1.14 bits per heavy atom. The summed E-state index contributed by atoms with van der Waals surface area (Å²) in [6.07, 6.45) is 0. The van der Waals surface area contributed by atoms with Crippen LogP contribution in [0, 0.1) is 5.82 Å². The van der Waals surface area contributed by atoms with Crippen molar-refractivity contribution in [2.45, 2.75) is 0 Å². The molecule has 2 aromatic carbocycles. The zero-order valence-corrected chi connectivity index (χ0v) is 12.2. The number of ether oxygens (including phenoxy) is 1. The number of methoxy groups -OCH3 is 1. The molecule has 21 heavy (non-hydrogen) atoms. The van der Waals surface area contributed by atoms with E-state index >= 15 is 0 Å². The quantitative estimate of drug-likeness (QED) is 0.737. The summed E-state index contributed by atoms with van der Waals surface area (Å²) in [5.74, 6) is -0.168. The van der Waals surface area contributed by atoms with E-state index in [0.29, 0.717) is 5.69 Å². The van der Waals surface area contributed by atoms with Crippen molar-refractivity contribution in [2.75, 3.05) is 12.8 Å². The van der Waals surface area contributed by atoms with E-state index in [1.165, 1.54) is 24.5 Å². The first kappa shape index (κ1) is 13.6. The van der Waals surface area contributed by atoms with Gasteiger partial charge in [0.15, 0.2) is 11.6 Å². The summed E-state index contributed by atoms with van der Waals surface area (Å²) < 4.78 is 18.7. The highest BCUT2D eigenvalue weighted by Crippen LogP contribution is 2.31. The third-order valence-electron chi connectivity index (χ3n) is 3.09. The molecule has 0 unspecified atom stereocenters. The van der Waals surface area contributed by atoms with E-state index in [4.69, 9.17) is 10.5 Å². The van der Waals surface area contributed by atoms with Crippen molar-refractivity contribution in [3.63, 3.8) is 0 Å². The molecule has 3 nitrogen and oxygen atoms in total. The van der Waals surface area contributed by atoms with Crippen molar-refractivity contribution in [3.05, 3.63) is 53.7 Å². The van der Waals surface area contributed by atoms with Crippen molar-refractivity contribution in [1.82, 2.24) is 4.98 Å². The molecule has 0 radical (unpaired) electrons. The second-order valence-corrected chi connectivity index (χ2v) is 5.37. The Hall–Kier alpha value is -2.40. The lowest BCUT2D eigenvalue weighted by Crippen LogP contribution is -1.89. The molecule has 106 valence electrons. The van der Waals surface area contributed by atoms with Crippen LogP contribution in [0.5, 0.6) is 5.75 Å². The smallest absolute Gasteiger partial charge is 0.165 e. The Bertz CT molecular complexity index is 785. The van der Waals surface area contributed by atoms with Gasteiger partial charge in [-0.15, -0.1) is 11.3 Å². The van der Waals surface area contributed by atoms with Crippen LogP contribution in [-0.2, 0) is 0 Å². The van der Waals surface area contributed by atoms with Gasteiger partial charge in [-0.2, -0.15) is 0 Å². The number of nitrogens with two attached hydrogens (primary N) is 1. The Morgan fingerprint density at radius 3 is 2.71 bits per heavy atom. The summed E-state index contributed by atoms with van der Waals surface area (Å²) in [6.45, 7) is 0. The first-order valence-corrected chi connectivity index (χ1v) is 7.20. The van der Waals surface area contributed by atoms with Gasteiger partial charge in [0.2, 0.25) is 0 Å². The fourth-order valence-electron chi connectivity index (χ4n) is 2.04. The Labute approximate surface area is 125 Å². The summed E-state index contributed by atoms with van der Waals surface area (Å²) in [5.41, 5.74) is 8.89. The summed E-state index contributed by atoms with van der Waals surface area (Å²) >= 11 is 1.50. The molecule has 0 fully saturated rings. The van der Waals surface area contributed by atoms with Gasteiger partial charge < -0.3 is 10.5 Å². The van der Waals surface area contributed by atoms with Gasteiger partial charge in [-0.3, -0.25) is 0 Å². The molecule has 0 saturated carbocycles. The third kappa shape index (κ3) is 2.73. The van der Waals surface area contributed by atoms with Gasteiger partial charge >= 0.3 is 0 Å². The maximum atomic E-state index is 13.8. The zero-order chi connectivity index (χ0) is 14.8. The van der Waals surface area contributed by atoms with Crippen LogP contribution in [0.15, 0.2) is 47.8 Å². The van der Waals surface area contributed by atoms with E-state index < -0.39 is 5.82 Å². The van der Waals surface area contributed by atoms with Gasteiger partial charge in [0.1, 0.15) is 5.01 Å². The maximum absolute atomic E-state index is 13.8. The molecule has 0 atom stereocenters. The molecule has 2 N–H and O–H groups in total. The number of thiazole rings is 1. The second-order valence-electron chi connectivity index (χ2n) is 4.51. The van der Waals surface area contributed by atoms with E-state index in [2.05, 4.69) is 4.98 Å². The molecule has 0 spiro atoms. The molecule has 3 aromatic rings. The van der Waals surface area contributed by atoms with E-state index in [1.807, 2.05) is 29.6 Å². The summed E-state index contributed by atoms with van der Waals surface area (Å²) in [7, 11) is 1.44. The number of hydrogen-bond donors (Lipinski definition) is 1. The van der Waals surface area contributed by atoms with Gasteiger partial charge in [0.05, 0.1) is 12.8 Å². The van der Waals surface area contributed by atoms with Crippen molar-refractivity contribution in [2.24, 2.45) is 0 Å². The Morgan fingerprint density at radius 2 is 2.00 bits per heavy atom. The average Bonchev–Trinajstić information content (AvgIpc) is 2.97. The number of benzene rings is 2. The van der Waals surface area contributed by atoms with Crippen LogP contribution < -0.4 is 10.5 Å². The van der Waals surface area contributed by atoms with Crippen molar-refractivity contribution < 1.29 is 9.13 Å². The van der Waals surface area contributed by atoms with E-state index in [0.717, 1.165) is 21.8 Å². The normalized spacial score (nSPS) is 10.6. The number of nitrogens with zero attached hydrogens (tertiary/aromatic N) is 1. The number of aromatic nitrogens is 1. The standard InChI is InChI=1S/C16H13FN2OS/c1-20-15-6-5-10(8-13(15)17)14-9-21-16(19-14)11-3-2-4-12(18)7-11/h2-9H,18H2,1H3. The second kappa shape index (κ2) is 5.54. The molecule has 0 saturated heterocycles. The molecule has 0 bridgehead atoms. The number of halogens is 1. The van der Waals surface area contributed by atoms with Crippen LogP contribution >= 0.6 is 11.3 Å². The number of anilines is 1. The van der Waals surface area contributed by atoms with Gasteiger partial charge in [0.25, 0.3) is 0 Å². The van der Waals surface area contributed by atoms with Crippen LogP contribution in [0.2, 0.25) is 0 Å². The van der Waals surface area contributed by atoms with Gasteiger partial charge in [0, 0.05) is 22.2 Å². The molecule has 1 aromatic heterocycles. The van der Waals surface area contributed by atoms with Gasteiger partial charge in [-0.05, 0) is 30.3 Å². The van der Waals surface area contributed by atoms with Crippen LogP contribution in [0.3, 0.4) is 0 Å². The molecular weight excluding hydrogens is 287 g/mol. The van der Waals surface area contributed by atoms with Gasteiger partial charge in [-0.25, -0.2) is 9.37 Å². The van der Waals surface area contributed by atoms with Crippen molar-refractivity contribution >= 4 is 17.0 Å². The fourth-order valence-corrected chi connectivity index (χ4v) is 2.86. The SMILES string of the molecule is COc1ccc(-c2csc(-c3cccc(N)c3)n2)cc1F. The molecule has 5 heteroatoms. The summed E-state index contributed by atoms with van der Waals surface area (Å²) in [5, 5.41) is 2.76. The van der Waals surface area contributed by atoms with Crippen LogP contribution in [-0.4, -0.2) is 12.1 Å². The highest BCUT2D eigenvalue weighted by molar-refractivity contribution is 7.13. The predicted octanol–water partition coefficient (Wildman–Crippen LogP) is 4.21. The summed E-state index contributed by atoms with van der Waals surface area (Å²) in [4.78, 5) is 4.54. The highest BCUT2D eigenvalue weighted by Gasteiger charge is 2.10. The van der Waals surface area contributed by atoms with Crippen molar-refractivity contribution in [1.29, 1.82) is 0 Å². The number of hydrogen-bond acceptors (Lipinski definition) is 4. The molecular formula is C16H13FN2OS. The predicted molar refractivity (Wildman–Crippen MR) is 83.9 cm³/mol. The minimum Gasteiger partial charge on any atom is -0.494 e. The van der Waals surface area contributed by atoms with Gasteiger partial charge in [-0.1, -0.05) is 12.1 Å². The number of rotatable bonds is 3. The monoisotopic (exact) mass is 300 g/mol. The zero-order valence-electron chi connectivity index (χ0n) is 11.3. The van der Waals surface area contributed by atoms with E-state index in [1.54, 1.807) is 12.1 Å². The lowest BCUT2D eigenvalue weighted by Gasteiger charge is -2.03. The van der Waals surface area contributed by atoms with Crippen LogP contribution in [0.4, 0.5) is 10.1 Å². The molecule has 0 aliphatic carbocycles. The molecule has 0 amide bonds. The minimum absolute atomic E-state index is 0.227. The Balaban J connectivity index is 1.96. The number of nitrogen functional groups attached to an aromatic ring is 1.